The first-order chi connectivity index (χ1) is 17.0. The molecule has 0 saturated heterocycles. The number of rotatable bonds is 4. The van der Waals surface area contributed by atoms with Gasteiger partial charge in [-0.3, -0.25) is 9.59 Å². The van der Waals surface area contributed by atoms with Crippen molar-refractivity contribution in [2.45, 2.75) is 64.5 Å². The Morgan fingerprint density at radius 2 is 1.86 bits per heavy atom. The van der Waals surface area contributed by atoms with Gasteiger partial charge in [-0.2, -0.15) is 4.98 Å². The van der Waals surface area contributed by atoms with Gasteiger partial charge in [-0.15, -0.1) is 0 Å². The number of pyridine rings is 1. The maximum Gasteiger partial charge on any atom is 0.278 e. The lowest BCUT2D eigenvalue weighted by Gasteiger charge is -2.19. The smallest absolute Gasteiger partial charge is 0.278 e. The Bertz CT molecular complexity index is 1600. The lowest BCUT2D eigenvalue weighted by molar-refractivity contribution is 0.0940. The van der Waals surface area contributed by atoms with E-state index >= 15 is 0 Å². The summed E-state index contributed by atoms with van der Waals surface area (Å²) in [6, 6.07) is 11.7. The second-order valence-electron chi connectivity index (χ2n) is 11.2. The van der Waals surface area contributed by atoms with Gasteiger partial charge in [0, 0.05) is 28.6 Å². The van der Waals surface area contributed by atoms with Crippen molar-refractivity contribution in [3.8, 4) is 5.82 Å². The first-order valence-corrected chi connectivity index (χ1v) is 12.3. The van der Waals surface area contributed by atoms with E-state index in [1.165, 1.54) is 0 Å². The number of nitrogens with one attached hydrogen (secondary N) is 2. The van der Waals surface area contributed by atoms with Gasteiger partial charge in [-0.05, 0) is 56.5 Å². The number of nitrogens with zero attached hydrogens (tertiary/aromatic N) is 5. The summed E-state index contributed by atoms with van der Waals surface area (Å²) < 4.78 is 3.59. The summed E-state index contributed by atoms with van der Waals surface area (Å²) in [5, 5.41) is 6.66. The zero-order chi connectivity index (χ0) is 25.4. The molecule has 9 nitrogen and oxygen atoms in total. The van der Waals surface area contributed by atoms with Crippen LogP contribution in [0.1, 0.15) is 75.1 Å². The monoisotopic (exact) mass is 483 g/mol. The van der Waals surface area contributed by atoms with Gasteiger partial charge < -0.3 is 10.6 Å². The van der Waals surface area contributed by atoms with Crippen molar-refractivity contribution in [3.05, 3.63) is 69.8 Å². The summed E-state index contributed by atoms with van der Waals surface area (Å²) in [5.41, 5.74) is 3.06. The van der Waals surface area contributed by atoms with Crippen molar-refractivity contribution in [3.63, 3.8) is 0 Å². The minimum Gasteiger partial charge on any atom is -0.343 e. The molecule has 184 valence electrons. The minimum absolute atomic E-state index is 0.102. The molecule has 1 aliphatic carbocycles. The molecule has 4 heterocycles. The van der Waals surface area contributed by atoms with E-state index < -0.39 is 5.54 Å². The zero-order valence-electron chi connectivity index (χ0n) is 21.1. The Hall–Kier alpha value is -4.01. The molecule has 0 atom stereocenters. The first-order valence-electron chi connectivity index (χ1n) is 12.3. The SMILES string of the molecule is CC(C)(C)c1cccc(-n2c3nc(Nc4ccc5c(c4)C(=O)NC5(C)C)ncc3c(=O)n2C2CC2)n1. The average molecular weight is 484 g/mol. The van der Waals surface area contributed by atoms with E-state index in [2.05, 4.69) is 36.4 Å². The van der Waals surface area contributed by atoms with Gasteiger partial charge in [0.15, 0.2) is 11.5 Å². The molecule has 1 saturated carbocycles. The molecule has 0 spiro atoms. The van der Waals surface area contributed by atoms with Gasteiger partial charge in [0.2, 0.25) is 5.95 Å². The number of anilines is 2. The molecule has 36 heavy (non-hydrogen) atoms. The molecule has 2 N–H and O–H groups in total. The predicted octanol–water partition coefficient (Wildman–Crippen LogP) is 4.33. The summed E-state index contributed by atoms with van der Waals surface area (Å²) in [5.74, 6) is 0.895. The van der Waals surface area contributed by atoms with Crippen LogP contribution in [0.15, 0.2) is 47.4 Å². The van der Waals surface area contributed by atoms with Crippen LogP contribution in [0.25, 0.3) is 16.9 Å². The molecule has 3 aromatic heterocycles. The third kappa shape index (κ3) is 3.57. The van der Waals surface area contributed by atoms with Crippen molar-refractivity contribution in [1.29, 1.82) is 0 Å². The van der Waals surface area contributed by atoms with Gasteiger partial charge in [0.1, 0.15) is 5.39 Å². The van der Waals surface area contributed by atoms with E-state index in [0.717, 1.165) is 24.1 Å². The molecule has 0 bridgehead atoms. The Morgan fingerprint density at radius 1 is 1.08 bits per heavy atom. The number of carbonyl (C=O) groups excluding carboxylic acids is 1. The normalized spacial score (nSPS) is 16.8. The quantitative estimate of drug-likeness (QED) is 0.447. The Morgan fingerprint density at radius 3 is 2.58 bits per heavy atom. The number of carbonyl (C=O) groups is 1. The fourth-order valence-corrected chi connectivity index (χ4v) is 4.79. The van der Waals surface area contributed by atoms with Crippen LogP contribution in [0.2, 0.25) is 0 Å². The van der Waals surface area contributed by atoms with Crippen LogP contribution in [-0.4, -0.2) is 30.2 Å². The van der Waals surface area contributed by atoms with Crippen LogP contribution >= 0.6 is 0 Å². The Kier molecular flexibility index (Phi) is 4.67. The molecule has 1 aromatic carbocycles. The summed E-state index contributed by atoms with van der Waals surface area (Å²) >= 11 is 0. The third-order valence-corrected chi connectivity index (χ3v) is 6.86. The highest BCUT2D eigenvalue weighted by Crippen LogP contribution is 2.36. The van der Waals surface area contributed by atoms with Crippen LogP contribution in [0.5, 0.6) is 0 Å². The van der Waals surface area contributed by atoms with Crippen molar-refractivity contribution in [2.24, 2.45) is 0 Å². The molecular weight excluding hydrogens is 454 g/mol. The van der Waals surface area contributed by atoms with Crippen molar-refractivity contribution in [1.82, 2.24) is 29.6 Å². The third-order valence-electron chi connectivity index (χ3n) is 6.86. The van der Waals surface area contributed by atoms with Gasteiger partial charge >= 0.3 is 0 Å². The Balaban J connectivity index is 1.46. The maximum atomic E-state index is 13.3. The molecule has 6 rings (SSSR count). The van der Waals surface area contributed by atoms with E-state index in [-0.39, 0.29) is 22.9 Å². The van der Waals surface area contributed by atoms with Gasteiger partial charge in [0.05, 0.1) is 11.6 Å². The van der Waals surface area contributed by atoms with Crippen molar-refractivity contribution >= 4 is 28.6 Å². The molecule has 1 aliphatic heterocycles. The van der Waals surface area contributed by atoms with Gasteiger partial charge in [-0.25, -0.2) is 19.3 Å². The first kappa shape index (κ1) is 22.5. The minimum atomic E-state index is -0.406. The second-order valence-corrected chi connectivity index (χ2v) is 11.2. The molecule has 0 radical (unpaired) electrons. The largest absolute Gasteiger partial charge is 0.343 e. The summed E-state index contributed by atoms with van der Waals surface area (Å²) in [4.78, 5) is 39.9. The van der Waals surface area contributed by atoms with Crippen LogP contribution < -0.4 is 16.2 Å². The number of fused-ring (bicyclic) bond motifs is 2. The Labute approximate surface area is 208 Å². The van der Waals surface area contributed by atoms with Crippen LogP contribution in [0, 0.1) is 0 Å². The van der Waals surface area contributed by atoms with Crippen LogP contribution in [-0.2, 0) is 11.0 Å². The molecule has 9 heteroatoms. The lowest BCUT2D eigenvalue weighted by Crippen LogP contribution is -2.32. The predicted molar refractivity (Wildman–Crippen MR) is 138 cm³/mol. The lowest BCUT2D eigenvalue weighted by atomic mass is 9.92. The highest BCUT2D eigenvalue weighted by molar-refractivity contribution is 6.00. The molecule has 0 unspecified atom stereocenters. The van der Waals surface area contributed by atoms with Crippen molar-refractivity contribution in [2.75, 3.05) is 5.32 Å². The zero-order valence-corrected chi connectivity index (χ0v) is 21.1. The molecule has 4 aromatic rings. The fraction of sp³-hybridized carbons (Fsp3) is 0.370. The van der Waals surface area contributed by atoms with E-state index in [1.807, 2.05) is 54.9 Å². The number of aromatic nitrogens is 5. The summed E-state index contributed by atoms with van der Waals surface area (Å²) in [6.07, 6.45) is 3.46. The molecule has 1 fully saturated rings. The second kappa shape index (κ2) is 7.49. The van der Waals surface area contributed by atoms with E-state index in [0.29, 0.717) is 34.1 Å². The van der Waals surface area contributed by atoms with Crippen LogP contribution in [0.3, 0.4) is 0 Å². The topological polar surface area (TPSA) is 107 Å². The highest BCUT2D eigenvalue weighted by Gasteiger charge is 2.35. The molecule has 1 amide bonds. The number of hydrogen-bond acceptors (Lipinski definition) is 6. The van der Waals surface area contributed by atoms with E-state index in [4.69, 9.17) is 9.97 Å². The van der Waals surface area contributed by atoms with Gasteiger partial charge in [0.25, 0.3) is 11.5 Å². The summed E-state index contributed by atoms with van der Waals surface area (Å²) in [6.45, 7) is 10.3. The van der Waals surface area contributed by atoms with Gasteiger partial charge in [-0.1, -0.05) is 32.9 Å². The molecule has 2 aliphatic rings. The molecular formula is C27H29N7O2. The van der Waals surface area contributed by atoms with E-state index in [1.54, 1.807) is 10.9 Å². The fourth-order valence-electron chi connectivity index (χ4n) is 4.79. The number of benzene rings is 1. The average Bonchev–Trinajstić information content (AvgIpc) is 3.58. The standard InChI is InChI=1S/C27H29N7O2/c1-26(2,3)20-7-6-8-21(30-20)34-22-18(24(36)33(34)16-10-11-16)14-28-25(31-22)29-15-9-12-19-17(13-15)23(35)32-27(19,4)5/h6-9,12-14,16H,10-11H2,1-5H3,(H,32,35)(H,28,29,31). The van der Waals surface area contributed by atoms with Crippen LogP contribution in [0.4, 0.5) is 11.6 Å². The number of hydrogen-bond donors (Lipinski definition) is 2. The van der Waals surface area contributed by atoms with Crippen molar-refractivity contribution < 1.29 is 4.79 Å². The maximum absolute atomic E-state index is 13.3. The summed E-state index contributed by atoms with van der Waals surface area (Å²) in [7, 11) is 0. The van der Waals surface area contributed by atoms with E-state index in [9.17, 15) is 9.59 Å². The number of amides is 1. The highest BCUT2D eigenvalue weighted by atomic mass is 16.2.